The van der Waals surface area contributed by atoms with Crippen LogP contribution in [0.15, 0.2) is 48.8 Å². The van der Waals surface area contributed by atoms with E-state index in [-0.39, 0.29) is 29.5 Å². The average molecular weight is 570 g/mol. The Hall–Kier alpha value is -4.75. The molecule has 4 rings (SSSR count). The zero-order chi connectivity index (χ0) is 29.4. The predicted molar refractivity (Wildman–Crippen MR) is 148 cm³/mol. The number of nitrogens with two attached hydrogens (primary N) is 1. The van der Waals surface area contributed by atoms with Gasteiger partial charge >= 0.3 is 0 Å². The molecule has 0 radical (unpaired) electrons. The summed E-state index contributed by atoms with van der Waals surface area (Å²) < 4.78 is 52.2. The minimum absolute atomic E-state index is 0.0132. The van der Waals surface area contributed by atoms with Gasteiger partial charge in [0.05, 0.1) is 38.6 Å². The maximum absolute atomic E-state index is 15.1. The molecular formula is C28H29F2N5O6. The van der Waals surface area contributed by atoms with Crippen molar-refractivity contribution in [3.63, 3.8) is 0 Å². The van der Waals surface area contributed by atoms with Gasteiger partial charge in [0.15, 0.2) is 28.9 Å². The molecule has 0 aliphatic heterocycles. The molecule has 2 aromatic carbocycles. The first kappa shape index (κ1) is 29.2. The van der Waals surface area contributed by atoms with Gasteiger partial charge in [0.25, 0.3) is 5.91 Å². The molecule has 41 heavy (non-hydrogen) atoms. The molecule has 13 heteroatoms. The molecule has 0 saturated carbocycles. The Bertz CT molecular complexity index is 1540. The monoisotopic (exact) mass is 569 g/mol. The Labute approximate surface area is 234 Å². The SMILES string of the molecule is COc1cc2c(Oc3cc(F)c(NC(=O)c4cnc(N)cc4OC)cc3F)ccnc2cc1OCCCNCCO. The highest BCUT2D eigenvalue weighted by atomic mass is 19.1. The van der Waals surface area contributed by atoms with Gasteiger partial charge in [0, 0.05) is 48.6 Å². The maximum Gasteiger partial charge on any atom is 0.261 e. The summed E-state index contributed by atoms with van der Waals surface area (Å²) in [5.74, 6) is -1.73. The number of fused-ring (bicyclic) bond motifs is 1. The van der Waals surface area contributed by atoms with Crippen molar-refractivity contribution in [2.75, 3.05) is 51.6 Å². The van der Waals surface area contributed by atoms with E-state index < -0.39 is 29.0 Å². The molecule has 0 aliphatic rings. The van der Waals surface area contributed by atoms with Crippen LogP contribution >= 0.6 is 0 Å². The van der Waals surface area contributed by atoms with E-state index in [1.54, 1.807) is 12.1 Å². The van der Waals surface area contributed by atoms with Gasteiger partial charge in [-0.05, 0) is 25.1 Å². The number of nitrogens with one attached hydrogen (secondary N) is 2. The Morgan fingerprint density at radius 1 is 0.951 bits per heavy atom. The Kier molecular flexibility index (Phi) is 9.66. The molecule has 0 unspecified atom stereocenters. The number of benzene rings is 2. The van der Waals surface area contributed by atoms with E-state index in [0.29, 0.717) is 48.5 Å². The van der Waals surface area contributed by atoms with E-state index in [1.165, 1.54) is 38.7 Å². The van der Waals surface area contributed by atoms with Crippen LogP contribution in [0.4, 0.5) is 20.3 Å². The van der Waals surface area contributed by atoms with E-state index in [9.17, 15) is 9.18 Å². The highest BCUT2D eigenvalue weighted by Gasteiger charge is 2.19. The van der Waals surface area contributed by atoms with Crippen LogP contribution in [0, 0.1) is 11.6 Å². The molecule has 4 aromatic rings. The lowest BCUT2D eigenvalue weighted by atomic mass is 10.1. The summed E-state index contributed by atoms with van der Waals surface area (Å²) in [6, 6.07) is 7.78. The van der Waals surface area contributed by atoms with Gasteiger partial charge < -0.3 is 40.4 Å². The van der Waals surface area contributed by atoms with E-state index >= 15 is 4.39 Å². The number of aliphatic hydroxyl groups is 1. The molecule has 11 nitrogen and oxygen atoms in total. The summed E-state index contributed by atoms with van der Waals surface area (Å²) in [7, 11) is 2.82. The van der Waals surface area contributed by atoms with Crippen LogP contribution < -0.4 is 35.3 Å². The molecule has 0 spiro atoms. The number of aliphatic hydroxyl groups excluding tert-OH is 1. The Morgan fingerprint density at radius 2 is 1.76 bits per heavy atom. The van der Waals surface area contributed by atoms with E-state index in [1.807, 2.05) is 0 Å². The first-order valence-corrected chi connectivity index (χ1v) is 12.5. The molecule has 0 fully saturated rings. The maximum atomic E-state index is 15.1. The fraction of sp³-hybridized carbons (Fsp3) is 0.250. The van der Waals surface area contributed by atoms with Crippen LogP contribution in [0.25, 0.3) is 10.9 Å². The zero-order valence-corrected chi connectivity index (χ0v) is 22.4. The molecule has 216 valence electrons. The minimum Gasteiger partial charge on any atom is -0.496 e. The molecule has 2 heterocycles. The summed E-state index contributed by atoms with van der Waals surface area (Å²) in [6.07, 6.45) is 3.33. The first-order valence-electron chi connectivity index (χ1n) is 12.5. The number of nitrogens with zero attached hydrogens (tertiary/aromatic N) is 2. The van der Waals surface area contributed by atoms with Gasteiger partial charge in [-0.25, -0.2) is 13.8 Å². The lowest BCUT2D eigenvalue weighted by Crippen LogP contribution is -2.20. The van der Waals surface area contributed by atoms with Crippen molar-refractivity contribution in [1.82, 2.24) is 15.3 Å². The highest BCUT2D eigenvalue weighted by Crippen LogP contribution is 2.38. The van der Waals surface area contributed by atoms with Crippen LogP contribution in [0.3, 0.4) is 0 Å². The number of nitrogen functional groups attached to an aromatic ring is 1. The van der Waals surface area contributed by atoms with E-state index in [0.717, 1.165) is 12.1 Å². The van der Waals surface area contributed by atoms with Crippen LogP contribution in [-0.2, 0) is 0 Å². The fourth-order valence-electron chi connectivity index (χ4n) is 3.88. The van der Waals surface area contributed by atoms with E-state index in [2.05, 4.69) is 20.6 Å². The number of carbonyl (C=O) groups excluding carboxylic acids is 1. The number of aromatic nitrogens is 2. The Morgan fingerprint density at radius 3 is 2.51 bits per heavy atom. The quantitative estimate of drug-likeness (QED) is 0.175. The van der Waals surface area contributed by atoms with Crippen molar-refractivity contribution < 1.29 is 37.6 Å². The number of ether oxygens (including phenoxy) is 4. The van der Waals surface area contributed by atoms with Crippen molar-refractivity contribution in [1.29, 1.82) is 0 Å². The lowest BCUT2D eigenvalue weighted by molar-refractivity contribution is 0.102. The normalized spacial score (nSPS) is 10.9. The largest absolute Gasteiger partial charge is 0.496 e. The van der Waals surface area contributed by atoms with Crippen LogP contribution in [0.5, 0.6) is 28.7 Å². The number of hydrogen-bond acceptors (Lipinski definition) is 10. The number of methoxy groups -OCH3 is 2. The topological polar surface area (TPSA) is 150 Å². The molecular weight excluding hydrogens is 540 g/mol. The van der Waals surface area contributed by atoms with Gasteiger partial charge in [-0.2, -0.15) is 0 Å². The third-order valence-electron chi connectivity index (χ3n) is 5.87. The molecule has 1 amide bonds. The third-order valence-corrected chi connectivity index (χ3v) is 5.87. The summed E-state index contributed by atoms with van der Waals surface area (Å²) in [5.41, 5.74) is 5.66. The number of amides is 1. The highest BCUT2D eigenvalue weighted by molar-refractivity contribution is 6.06. The third kappa shape index (κ3) is 7.07. The molecule has 0 saturated heterocycles. The van der Waals surface area contributed by atoms with Crippen molar-refractivity contribution >= 4 is 28.3 Å². The predicted octanol–water partition coefficient (Wildman–Crippen LogP) is 3.90. The van der Waals surface area contributed by atoms with Crippen LogP contribution in [-0.4, -0.2) is 61.5 Å². The van der Waals surface area contributed by atoms with Crippen molar-refractivity contribution in [3.8, 4) is 28.7 Å². The summed E-state index contributed by atoms with van der Waals surface area (Å²) in [4.78, 5) is 20.8. The second kappa shape index (κ2) is 13.5. The minimum atomic E-state index is -0.933. The number of rotatable bonds is 13. The van der Waals surface area contributed by atoms with E-state index in [4.69, 9.17) is 29.8 Å². The molecule has 0 bridgehead atoms. The standard InChI is InChI=1S/C28H29F2N5O6/c1-38-23-14-27(31)34-15-17(23)28(37)35-21-11-19(30)24(12-18(21)29)41-22-4-6-33-20-13-26(25(39-2)10-16(20)22)40-9-3-5-32-7-8-36/h4,6,10-15,32,36H,3,5,7-9H2,1-2H3,(H2,31,34)(H,35,37). The van der Waals surface area contributed by atoms with Crippen molar-refractivity contribution in [2.24, 2.45) is 0 Å². The molecule has 0 aliphatic carbocycles. The van der Waals surface area contributed by atoms with Crippen LogP contribution in [0.2, 0.25) is 0 Å². The average Bonchev–Trinajstić information content (AvgIpc) is 2.96. The van der Waals surface area contributed by atoms with Gasteiger partial charge in [0.1, 0.15) is 22.9 Å². The number of anilines is 2. The lowest BCUT2D eigenvalue weighted by Gasteiger charge is -2.15. The second-order valence-corrected chi connectivity index (χ2v) is 8.63. The number of halogens is 2. The van der Waals surface area contributed by atoms with Crippen molar-refractivity contribution in [3.05, 3.63) is 66.0 Å². The Balaban J connectivity index is 1.53. The second-order valence-electron chi connectivity index (χ2n) is 8.63. The summed E-state index contributed by atoms with van der Waals surface area (Å²) in [6.45, 7) is 1.63. The smallest absolute Gasteiger partial charge is 0.261 e. The number of pyridine rings is 2. The number of hydrogen-bond donors (Lipinski definition) is 4. The fourth-order valence-corrected chi connectivity index (χ4v) is 3.88. The molecule has 0 atom stereocenters. The van der Waals surface area contributed by atoms with Gasteiger partial charge in [-0.3, -0.25) is 9.78 Å². The van der Waals surface area contributed by atoms with Gasteiger partial charge in [-0.15, -0.1) is 0 Å². The summed E-state index contributed by atoms with van der Waals surface area (Å²) in [5, 5.41) is 14.7. The zero-order valence-electron chi connectivity index (χ0n) is 22.4. The first-order chi connectivity index (χ1) is 19.8. The molecule has 5 N–H and O–H groups in total. The molecule has 2 aromatic heterocycles. The van der Waals surface area contributed by atoms with Gasteiger partial charge in [-0.1, -0.05) is 0 Å². The van der Waals surface area contributed by atoms with Crippen molar-refractivity contribution in [2.45, 2.75) is 6.42 Å². The van der Waals surface area contributed by atoms with Crippen LogP contribution in [0.1, 0.15) is 16.8 Å². The number of carbonyl (C=O) groups is 1. The van der Waals surface area contributed by atoms with Gasteiger partial charge in [0.2, 0.25) is 0 Å². The summed E-state index contributed by atoms with van der Waals surface area (Å²) >= 11 is 0.